The van der Waals surface area contributed by atoms with Gasteiger partial charge in [0.2, 0.25) is 0 Å². The Morgan fingerprint density at radius 1 is 0.269 bits per heavy atom. The van der Waals surface area contributed by atoms with Crippen LogP contribution in [0.15, 0.2) is 248 Å². The number of thioether (sulfide) groups is 1. The number of ether oxygens (including phenoxy) is 10. The van der Waals surface area contributed by atoms with E-state index in [1.54, 1.807) is 11.8 Å². The normalized spacial score (nSPS) is 23.2. The van der Waals surface area contributed by atoms with Crippen LogP contribution in [0, 0.1) is 0 Å². The third kappa shape index (κ3) is 16.2. The van der Waals surface area contributed by atoms with Crippen LogP contribution in [0.25, 0.3) is 0 Å². The van der Waals surface area contributed by atoms with Crippen molar-refractivity contribution in [3.05, 3.63) is 282 Å². The van der Waals surface area contributed by atoms with Crippen LogP contribution in [-0.4, -0.2) is 73.8 Å². The molecule has 2 saturated heterocycles. The summed E-state index contributed by atoms with van der Waals surface area (Å²) in [6.45, 7) is 2.37. The Labute approximate surface area is 463 Å². The smallest absolute Gasteiger partial charge is 0.187 e. The molecule has 0 aliphatic carbocycles. The Kier molecular flexibility index (Phi) is 20.9. The van der Waals surface area contributed by atoms with Crippen LogP contribution in [0.4, 0.5) is 0 Å². The van der Waals surface area contributed by atoms with E-state index < -0.39 is 60.6 Å². The predicted molar refractivity (Wildman–Crippen MR) is 302 cm³/mol. The van der Waals surface area contributed by atoms with Crippen LogP contribution in [0.1, 0.15) is 38.9 Å². The summed E-state index contributed by atoms with van der Waals surface area (Å²) in [5.41, 5.74) is 6.54. The van der Waals surface area contributed by atoms with Gasteiger partial charge in [-0.3, -0.25) is 0 Å². The zero-order valence-corrected chi connectivity index (χ0v) is 44.5. The second kappa shape index (κ2) is 29.6. The molecule has 0 spiro atoms. The maximum absolute atomic E-state index is 7.34. The average molecular weight is 1070 g/mol. The van der Waals surface area contributed by atoms with Crippen molar-refractivity contribution in [2.45, 2.75) is 112 Å². The molecule has 2 aliphatic rings. The van der Waals surface area contributed by atoms with E-state index in [2.05, 4.69) is 72.8 Å². The van der Waals surface area contributed by atoms with Gasteiger partial charge in [0, 0.05) is 4.90 Å². The van der Waals surface area contributed by atoms with Gasteiger partial charge in [0.15, 0.2) is 6.29 Å². The van der Waals surface area contributed by atoms with E-state index in [1.807, 2.05) is 170 Å². The van der Waals surface area contributed by atoms with E-state index >= 15 is 0 Å². The standard InChI is InChI=1S/C67H68O10S/c1-9-25-50(26-10-1)41-68-48-58-60(69-42-51-27-11-2-12-28-51)62(71-44-53-31-15-4-16-32-53)64(73-46-55-35-19-6-20-36-55)66(76-58)75-49-59-61(70-43-52-29-13-3-14-30-52)63(72-45-54-33-17-5-18-34-54)65(74-47-56-37-21-7-22-38-56)67(77-59)78-57-39-23-8-24-40-57/h1-40,58-67H,41-49H2/t58-,59-,60-,61-,62+,63+,64-,65-,66-,67-/m1/s1. The van der Waals surface area contributed by atoms with Gasteiger partial charge >= 0.3 is 0 Å². The molecule has 0 amide bonds. The Bertz CT molecular complexity index is 2880. The molecule has 10 rings (SSSR count). The van der Waals surface area contributed by atoms with Crippen molar-refractivity contribution in [1.82, 2.24) is 0 Å². The first-order valence-electron chi connectivity index (χ1n) is 26.9. The molecular weight excluding hydrogens is 997 g/mol. The quantitative estimate of drug-likeness (QED) is 0.0493. The van der Waals surface area contributed by atoms with Crippen molar-refractivity contribution in [2.24, 2.45) is 0 Å². The lowest BCUT2D eigenvalue weighted by Gasteiger charge is -2.48. The highest BCUT2D eigenvalue weighted by molar-refractivity contribution is 7.99. The molecule has 8 aromatic carbocycles. The lowest BCUT2D eigenvalue weighted by molar-refractivity contribution is -0.337. The Hall–Kier alpha value is -6.29. The van der Waals surface area contributed by atoms with Crippen LogP contribution >= 0.6 is 11.8 Å². The Morgan fingerprint density at radius 3 is 0.949 bits per heavy atom. The third-order valence-electron chi connectivity index (χ3n) is 13.7. The summed E-state index contributed by atoms with van der Waals surface area (Å²) in [5, 5.41) is 0. The van der Waals surface area contributed by atoms with Crippen molar-refractivity contribution >= 4 is 11.8 Å². The molecule has 0 bridgehead atoms. The minimum absolute atomic E-state index is 0.0241. The zero-order valence-electron chi connectivity index (χ0n) is 43.7. The van der Waals surface area contributed by atoms with Gasteiger partial charge in [-0.1, -0.05) is 242 Å². The molecule has 402 valence electrons. The summed E-state index contributed by atoms with van der Waals surface area (Å²) >= 11 is 1.59. The fraction of sp³-hybridized carbons (Fsp3) is 0.284. The van der Waals surface area contributed by atoms with Crippen molar-refractivity contribution in [3.8, 4) is 0 Å². The van der Waals surface area contributed by atoms with Crippen LogP contribution in [-0.2, 0) is 93.6 Å². The molecule has 0 saturated carbocycles. The van der Waals surface area contributed by atoms with E-state index in [4.69, 9.17) is 47.4 Å². The summed E-state index contributed by atoms with van der Waals surface area (Å²) in [6, 6.07) is 81.3. The van der Waals surface area contributed by atoms with Crippen molar-refractivity contribution < 1.29 is 47.4 Å². The molecule has 2 heterocycles. The number of rotatable bonds is 27. The topological polar surface area (TPSA) is 92.3 Å². The summed E-state index contributed by atoms with van der Waals surface area (Å²) in [7, 11) is 0. The summed E-state index contributed by atoms with van der Waals surface area (Å²) < 4.78 is 70.6. The second-order valence-corrected chi connectivity index (χ2v) is 20.6. The average Bonchev–Trinajstić information content (AvgIpc) is 3.52. The highest BCUT2D eigenvalue weighted by Gasteiger charge is 2.52. The predicted octanol–water partition coefficient (Wildman–Crippen LogP) is 13.0. The van der Waals surface area contributed by atoms with Crippen LogP contribution in [0.2, 0.25) is 0 Å². The molecule has 10 atom stereocenters. The summed E-state index contributed by atoms with van der Waals surface area (Å²) in [4.78, 5) is 1.02. The highest BCUT2D eigenvalue weighted by Crippen LogP contribution is 2.40. The third-order valence-corrected chi connectivity index (χ3v) is 14.9. The molecule has 0 radical (unpaired) electrons. The van der Waals surface area contributed by atoms with Gasteiger partial charge < -0.3 is 47.4 Å². The molecule has 2 aliphatic heterocycles. The molecule has 10 nitrogen and oxygen atoms in total. The fourth-order valence-electron chi connectivity index (χ4n) is 9.68. The molecular formula is C67H68O10S. The maximum Gasteiger partial charge on any atom is 0.187 e. The SMILES string of the molecule is c1ccc(COC[C@H]2O[C@@H](OC[C@H]3O[C@H](Sc4ccccc4)[C@H](OCc4ccccc4)[C@@H](OCc4ccccc4)[C@@H]3OCc3ccccc3)[C@H](OCc3ccccc3)[C@@H](OCc3ccccc3)[C@@H]2OCc2ccccc2)cc1. The first-order valence-corrected chi connectivity index (χ1v) is 27.8. The highest BCUT2D eigenvalue weighted by atomic mass is 32.2. The molecule has 0 N–H and O–H groups in total. The first-order chi connectivity index (χ1) is 38.7. The maximum atomic E-state index is 7.34. The zero-order chi connectivity index (χ0) is 52.8. The first kappa shape index (κ1) is 55.0. The van der Waals surface area contributed by atoms with Crippen molar-refractivity contribution in [3.63, 3.8) is 0 Å². The van der Waals surface area contributed by atoms with Gasteiger partial charge in [-0.05, 0) is 51.1 Å². The van der Waals surface area contributed by atoms with Crippen LogP contribution < -0.4 is 0 Å². The molecule has 11 heteroatoms. The molecule has 78 heavy (non-hydrogen) atoms. The largest absolute Gasteiger partial charge is 0.374 e. The van der Waals surface area contributed by atoms with Gasteiger partial charge in [0.05, 0.1) is 59.5 Å². The number of hydrogen-bond acceptors (Lipinski definition) is 11. The minimum Gasteiger partial charge on any atom is -0.374 e. The molecule has 8 aromatic rings. The van der Waals surface area contributed by atoms with E-state index in [1.165, 1.54) is 0 Å². The van der Waals surface area contributed by atoms with Crippen LogP contribution in [0.3, 0.4) is 0 Å². The van der Waals surface area contributed by atoms with E-state index in [0.717, 1.165) is 43.8 Å². The lowest BCUT2D eigenvalue weighted by Crippen LogP contribution is -2.63. The minimum atomic E-state index is -0.995. The fourth-order valence-corrected chi connectivity index (χ4v) is 10.8. The van der Waals surface area contributed by atoms with Gasteiger partial charge in [0.25, 0.3) is 0 Å². The molecule has 0 aromatic heterocycles. The van der Waals surface area contributed by atoms with Crippen LogP contribution in [0.5, 0.6) is 0 Å². The summed E-state index contributed by atoms with van der Waals surface area (Å²) in [6.07, 6.45) is -6.40. The van der Waals surface area contributed by atoms with Gasteiger partial charge in [-0.2, -0.15) is 0 Å². The van der Waals surface area contributed by atoms with Crippen molar-refractivity contribution in [2.75, 3.05) is 13.2 Å². The molecule has 0 unspecified atom stereocenters. The molecule has 2 fully saturated rings. The summed E-state index contributed by atoms with van der Waals surface area (Å²) in [5.74, 6) is 0. The van der Waals surface area contributed by atoms with Gasteiger partial charge in [-0.15, -0.1) is 0 Å². The Balaban J connectivity index is 1.01. The monoisotopic (exact) mass is 1060 g/mol. The second-order valence-electron chi connectivity index (χ2n) is 19.4. The lowest BCUT2D eigenvalue weighted by atomic mass is 9.97. The number of benzene rings is 8. The Morgan fingerprint density at radius 2 is 0.564 bits per heavy atom. The number of hydrogen-bond donors (Lipinski definition) is 0. The van der Waals surface area contributed by atoms with Gasteiger partial charge in [-0.25, -0.2) is 0 Å². The van der Waals surface area contributed by atoms with E-state index in [9.17, 15) is 0 Å². The van der Waals surface area contributed by atoms with E-state index in [0.29, 0.717) is 26.4 Å². The van der Waals surface area contributed by atoms with E-state index in [-0.39, 0.29) is 33.0 Å². The van der Waals surface area contributed by atoms with Crippen molar-refractivity contribution in [1.29, 1.82) is 0 Å². The van der Waals surface area contributed by atoms with Gasteiger partial charge in [0.1, 0.15) is 54.3 Å².